The van der Waals surface area contributed by atoms with Crippen molar-refractivity contribution >= 4 is 6.47 Å². The summed E-state index contributed by atoms with van der Waals surface area (Å²) in [6.45, 7) is 4.81. The van der Waals surface area contributed by atoms with Gasteiger partial charge in [-0.25, -0.2) is 4.39 Å². The zero-order chi connectivity index (χ0) is 16.0. The summed E-state index contributed by atoms with van der Waals surface area (Å²) in [5, 5.41) is 16.3. The van der Waals surface area contributed by atoms with Crippen molar-refractivity contribution in [3.05, 3.63) is 23.0 Å². The highest BCUT2D eigenvalue weighted by Crippen LogP contribution is 2.25. The lowest BCUT2D eigenvalue weighted by Gasteiger charge is -2.17. The van der Waals surface area contributed by atoms with Crippen LogP contribution in [0, 0.1) is 13.8 Å². The van der Waals surface area contributed by atoms with E-state index in [2.05, 4.69) is 4.98 Å². The molecule has 1 aromatic rings. The number of carbonyl (C=O) groups is 1. The van der Waals surface area contributed by atoms with Crippen LogP contribution in [-0.4, -0.2) is 59.0 Å². The largest absolute Gasteiger partial charge is 0.496 e. The molecule has 1 aliphatic rings. The average molecular weight is 300 g/mol. The molecule has 0 unspecified atom stereocenters. The van der Waals surface area contributed by atoms with Gasteiger partial charge in [-0.2, -0.15) is 0 Å². The summed E-state index contributed by atoms with van der Waals surface area (Å²) in [5.74, 6) is 0.830. The maximum atomic E-state index is 13.2. The Hall–Kier alpha value is -1.73. The molecule has 2 N–H and O–H groups in total. The second kappa shape index (κ2) is 7.90. The van der Waals surface area contributed by atoms with Crippen LogP contribution in [0.2, 0.25) is 0 Å². The van der Waals surface area contributed by atoms with Crippen LogP contribution >= 0.6 is 0 Å². The topological polar surface area (TPSA) is 82.9 Å². The molecule has 7 heteroatoms. The van der Waals surface area contributed by atoms with Crippen molar-refractivity contribution in [3.63, 3.8) is 0 Å². The van der Waals surface area contributed by atoms with Crippen LogP contribution < -0.4 is 4.74 Å². The van der Waals surface area contributed by atoms with Crippen LogP contribution in [0.4, 0.5) is 4.39 Å². The van der Waals surface area contributed by atoms with Crippen molar-refractivity contribution in [2.75, 3.05) is 20.2 Å². The van der Waals surface area contributed by atoms with E-state index in [9.17, 15) is 9.50 Å². The molecule has 6 nitrogen and oxygen atoms in total. The zero-order valence-corrected chi connectivity index (χ0v) is 12.4. The Morgan fingerprint density at radius 1 is 1.52 bits per heavy atom. The fourth-order valence-corrected chi connectivity index (χ4v) is 2.39. The lowest BCUT2D eigenvalue weighted by atomic mass is 10.1. The fraction of sp³-hybridized carbons (Fsp3) is 0.571. The zero-order valence-electron chi connectivity index (χ0n) is 12.4. The van der Waals surface area contributed by atoms with Gasteiger partial charge in [0.1, 0.15) is 11.9 Å². The number of alkyl halides is 1. The van der Waals surface area contributed by atoms with Crippen LogP contribution in [0.25, 0.3) is 0 Å². The lowest BCUT2D eigenvalue weighted by Crippen LogP contribution is -2.22. The third kappa shape index (κ3) is 4.37. The number of ether oxygens (including phenoxy) is 1. The second-order valence-electron chi connectivity index (χ2n) is 4.93. The predicted molar refractivity (Wildman–Crippen MR) is 75.1 cm³/mol. The van der Waals surface area contributed by atoms with E-state index in [-0.39, 0.29) is 13.0 Å². The van der Waals surface area contributed by atoms with Gasteiger partial charge in [-0.3, -0.25) is 14.7 Å². The number of aliphatic hydroxyl groups is 1. The molecule has 0 spiro atoms. The fourth-order valence-electron chi connectivity index (χ4n) is 2.39. The number of aliphatic hydroxyl groups excluding tert-OH is 1. The number of likely N-dealkylation sites (tertiary alicyclic amines) is 1. The van der Waals surface area contributed by atoms with E-state index >= 15 is 0 Å². The number of rotatable bonds is 3. The standard InChI is InChI=1S/C13H19FN2O2.CH2O2/c1-8-4-15-11(9(2)13(8)18-3)6-16-5-10(14)12(17)7-16;2-1-3/h4,10,12,17H,5-7H2,1-3H3;1H,(H,2,3)/t10-,12-;/m1./s1. The van der Waals surface area contributed by atoms with Crippen molar-refractivity contribution in [1.82, 2.24) is 9.88 Å². The van der Waals surface area contributed by atoms with E-state index in [1.807, 2.05) is 18.7 Å². The Balaban J connectivity index is 0.000000677. The van der Waals surface area contributed by atoms with Crippen molar-refractivity contribution in [2.24, 2.45) is 0 Å². The maximum Gasteiger partial charge on any atom is 0.290 e. The predicted octanol–water partition coefficient (Wildman–Crippen LogP) is 0.922. The molecule has 1 aliphatic heterocycles. The number of methoxy groups -OCH3 is 1. The van der Waals surface area contributed by atoms with Crippen molar-refractivity contribution in [1.29, 1.82) is 0 Å². The summed E-state index contributed by atoms with van der Waals surface area (Å²) >= 11 is 0. The Labute approximate surface area is 123 Å². The first-order chi connectivity index (χ1) is 9.94. The van der Waals surface area contributed by atoms with Crippen LogP contribution in [0.3, 0.4) is 0 Å². The van der Waals surface area contributed by atoms with Crippen LogP contribution in [0.5, 0.6) is 5.75 Å². The third-order valence-electron chi connectivity index (χ3n) is 3.42. The van der Waals surface area contributed by atoms with Gasteiger partial charge in [0.05, 0.1) is 18.9 Å². The molecule has 0 radical (unpaired) electrons. The van der Waals surface area contributed by atoms with Gasteiger partial charge in [0.2, 0.25) is 0 Å². The van der Waals surface area contributed by atoms with E-state index in [1.165, 1.54) is 0 Å². The molecule has 2 rings (SSSR count). The number of aryl methyl sites for hydroxylation is 1. The normalized spacial score (nSPS) is 21.6. The van der Waals surface area contributed by atoms with Gasteiger partial charge in [0, 0.05) is 37.0 Å². The minimum atomic E-state index is -1.15. The lowest BCUT2D eigenvalue weighted by molar-refractivity contribution is -0.122. The number of hydrogen-bond donors (Lipinski definition) is 2. The molecular formula is C14H21FN2O4. The molecule has 0 amide bonds. The van der Waals surface area contributed by atoms with Crippen molar-refractivity contribution in [3.8, 4) is 5.75 Å². The quantitative estimate of drug-likeness (QED) is 0.808. The molecule has 0 bridgehead atoms. The number of β-amino-alcohol motifs (C(OH)–C–C–N with tert-alkyl or cyclic N) is 1. The molecule has 21 heavy (non-hydrogen) atoms. The molecule has 0 aliphatic carbocycles. The number of carboxylic acid groups (broad SMARTS) is 1. The Bertz CT molecular complexity index is 474. The van der Waals surface area contributed by atoms with Gasteiger partial charge in [0.25, 0.3) is 6.47 Å². The van der Waals surface area contributed by atoms with Crippen LogP contribution in [0.15, 0.2) is 6.20 Å². The molecule has 0 aromatic carbocycles. The summed E-state index contributed by atoms with van der Waals surface area (Å²) in [6.07, 6.45) is -0.268. The highest BCUT2D eigenvalue weighted by atomic mass is 19.1. The molecular weight excluding hydrogens is 279 g/mol. The molecule has 0 saturated carbocycles. The first kappa shape index (κ1) is 17.3. The van der Waals surface area contributed by atoms with Gasteiger partial charge in [0.15, 0.2) is 0 Å². The molecule has 118 valence electrons. The summed E-state index contributed by atoms with van der Waals surface area (Å²) in [5.41, 5.74) is 2.84. The van der Waals surface area contributed by atoms with Crippen LogP contribution in [-0.2, 0) is 11.3 Å². The van der Waals surface area contributed by atoms with Gasteiger partial charge < -0.3 is 14.9 Å². The summed E-state index contributed by atoms with van der Waals surface area (Å²) in [6, 6.07) is 0. The number of pyridine rings is 1. The number of aromatic nitrogens is 1. The van der Waals surface area contributed by atoms with Gasteiger partial charge in [-0.05, 0) is 13.8 Å². The van der Waals surface area contributed by atoms with E-state index in [1.54, 1.807) is 13.3 Å². The maximum absolute atomic E-state index is 13.2. The first-order valence-electron chi connectivity index (χ1n) is 6.56. The molecule has 2 atom stereocenters. The summed E-state index contributed by atoms with van der Waals surface area (Å²) in [7, 11) is 1.64. The van der Waals surface area contributed by atoms with E-state index in [0.717, 1.165) is 22.6 Å². The number of hydrogen-bond acceptors (Lipinski definition) is 5. The first-order valence-corrected chi connectivity index (χ1v) is 6.56. The van der Waals surface area contributed by atoms with E-state index < -0.39 is 12.3 Å². The Morgan fingerprint density at radius 2 is 2.14 bits per heavy atom. The molecule has 1 aromatic heterocycles. The van der Waals surface area contributed by atoms with E-state index in [4.69, 9.17) is 14.6 Å². The number of nitrogens with zero attached hydrogens (tertiary/aromatic N) is 2. The smallest absolute Gasteiger partial charge is 0.290 e. The third-order valence-corrected chi connectivity index (χ3v) is 3.42. The monoisotopic (exact) mass is 300 g/mol. The van der Waals surface area contributed by atoms with Crippen molar-refractivity contribution < 1.29 is 24.1 Å². The average Bonchev–Trinajstić information content (AvgIpc) is 2.73. The highest BCUT2D eigenvalue weighted by molar-refractivity contribution is 5.41. The molecule has 1 fully saturated rings. The van der Waals surface area contributed by atoms with E-state index in [0.29, 0.717) is 13.1 Å². The summed E-state index contributed by atoms with van der Waals surface area (Å²) < 4.78 is 18.6. The number of halogens is 1. The minimum absolute atomic E-state index is 0.250. The molecule has 1 saturated heterocycles. The second-order valence-corrected chi connectivity index (χ2v) is 4.93. The van der Waals surface area contributed by atoms with Crippen molar-refractivity contribution in [2.45, 2.75) is 32.7 Å². The SMILES string of the molecule is COc1c(C)cnc(CN2C[C@@H](O)[C@H](F)C2)c1C.O=CO. The van der Waals surface area contributed by atoms with Crippen LogP contribution in [0.1, 0.15) is 16.8 Å². The highest BCUT2D eigenvalue weighted by Gasteiger charge is 2.31. The van der Waals surface area contributed by atoms with Gasteiger partial charge >= 0.3 is 0 Å². The summed E-state index contributed by atoms with van der Waals surface area (Å²) in [4.78, 5) is 14.6. The minimum Gasteiger partial charge on any atom is -0.496 e. The Morgan fingerprint density at radius 3 is 2.62 bits per heavy atom. The Kier molecular flexibility index (Phi) is 6.51. The molecule has 2 heterocycles. The van der Waals surface area contributed by atoms with Gasteiger partial charge in [-0.15, -0.1) is 0 Å². The van der Waals surface area contributed by atoms with Gasteiger partial charge in [-0.1, -0.05) is 0 Å².